The van der Waals surface area contributed by atoms with E-state index in [-0.39, 0.29) is 56.2 Å². The van der Waals surface area contributed by atoms with E-state index < -0.39 is 36.1 Å². The van der Waals surface area contributed by atoms with Crippen LogP contribution in [0.4, 0.5) is 15.3 Å². The minimum atomic E-state index is -1.02. The van der Waals surface area contributed by atoms with Gasteiger partial charge in [-0.1, -0.05) is 50.6 Å². The van der Waals surface area contributed by atoms with Crippen molar-refractivity contribution in [1.29, 1.82) is 0 Å². The van der Waals surface area contributed by atoms with Crippen LogP contribution < -0.4 is 31.7 Å². The zero-order chi connectivity index (χ0) is 36.5. The molecule has 268 valence electrons. The Morgan fingerprint density at radius 3 is 2.14 bits per heavy atom. The van der Waals surface area contributed by atoms with Crippen LogP contribution in [0.3, 0.4) is 0 Å². The van der Waals surface area contributed by atoms with E-state index >= 15 is 0 Å². The summed E-state index contributed by atoms with van der Waals surface area (Å²) >= 11 is 0. The molecule has 2 aromatic carbocycles. The van der Waals surface area contributed by atoms with Gasteiger partial charge in [0.05, 0.1) is 0 Å². The van der Waals surface area contributed by atoms with Gasteiger partial charge in [0.15, 0.2) is 0 Å². The highest BCUT2D eigenvalue weighted by Gasteiger charge is 2.29. The Morgan fingerprint density at radius 2 is 1.50 bits per heavy atom. The number of anilines is 1. The maximum atomic E-state index is 13.4. The lowest BCUT2D eigenvalue weighted by molar-refractivity contribution is -0.137. The van der Waals surface area contributed by atoms with Crippen LogP contribution in [0.1, 0.15) is 57.9 Å². The van der Waals surface area contributed by atoms with E-state index in [0.717, 1.165) is 4.90 Å². The van der Waals surface area contributed by atoms with Crippen molar-refractivity contribution in [3.63, 3.8) is 0 Å². The Bertz CT molecular complexity index is 1510. The highest BCUT2D eigenvalue weighted by atomic mass is 16.7. The van der Waals surface area contributed by atoms with E-state index in [1.54, 1.807) is 68.4 Å². The summed E-state index contributed by atoms with van der Waals surface area (Å²) in [6.45, 7) is 3.91. The number of carbonyl (C=O) groups excluding carboxylic acids is 7. The molecule has 0 aliphatic carbocycles. The van der Waals surface area contributed by atoms with Gasteiger partial charge in [0.1, 0.15) is 24.4 Å². The Balaban J connectivity index is 1.52. The first-order valence-electron chi connectivity index (χ1n) is 16.4. The molecule has 3 rings (SSSR count). The average Bonchev–Trinajstić information content (AvgIpc) is 3.40. The molecule has 2 aromatic rings. The number of benzene rings is 2. The third-order valence-electron chi connectivity index (χ3n) is 7.58. The lowest BCUT2D eigenvalue weighted by Gasteiger charge is -2.25. The number of hydrogen-bond donors (Lipinski definition) is 5. The molecule has 1 unspecified atom stereocenters. The van der Waals surface area contributed by atoms with Gasteiger partial charge in [0, 0.05) is 37.3 Å². The second-order valence-corrected chi connectivity index (χ2v) is 11.9. The molecule has 0 saturated carbocycles. The molecule has 0 saturated heterocycles. The fourth-order valence-electron chi connectivity index (χ4n) is 4.88. The maximum absolute atomic E-state index is 13.4. The lowest BCUT2D eigenvalue weighted by atomic mass is 10.0. The zero-order valence-electron chi connectivity index (χ0n) is 28.1. The number of carbonyl (C=O) groups is 7. The van der Waals surface area contributed by atoms with Gasteiger partial charge in [-0.2, -0.15) is 0 Å². The highest BCUT2D eigenvalue weighted by Crippen LogP contribution is 2.15. The first-order valence-corrected chi connectivity index (χ1v) is 16.4. The van der Waals surface area contributed by atoms with Gasteiger partial charge < -0.3 is 36.5 Å². The van der Waals surface area contributed by atoms with Crippen LogP contribution in [0.25, 0.3) is 0 Å². The Labute approximate surface area is 290 Å². The molecule has 0 aromatic heterocycles. The average molecular weight is 693 g/mol. The van der Waals surface area contributed by atoms with Gasteiger partial charge in [-0.05, 0) is 61.4 Å². The van der Waals surface area contributed by atoms with Crippen LogP contribution >= 0.6 is 0 Å². The van der Waals surface area contributed by atoms with E-state index in [1.165, 1.54) is 12.2 Å². The number of para-hydroxylation sites is 1. The number of amides is 7. The summed E-state index contributed by atoms with van der Waals surface area (Å²) in [7, 11) is 0. The standard InChI is InChI=1S/C35H44N6O9/c1-23(2)31(40-28(42)13-7-4-8-21-41-29(43)18-19-30(41)44)33(46)39-27(12-9-20-37-34(36)47)32(45)38-25-16-14-24(15-17-25)22-49-35(48)50-26-10-5-3-6-11-26/h3,5-6,10-11,14-19,23,27,31H,4,7-9,12-13,20-22H2,1-2H3,(H,38,45)(H,39,46)(H,40,42)(H3,36,37,47)/t27-,31?/m0/s1. The largest absolute Gasteiger partial charge is 0.514 e. The van der Waals surface area contributed by atoms with Gasteiger partial charge >= 0.3 is 12.2 Å². The number of nitrogens with two attached hydrogens (primary N) is 1. The summed E-state index contributed by atoms with van der Waals surface area (Å²) in [6, 6.07) is 12.4. The van der Waals surface area contributed by atoms with Gasteiger partial charge in [-0.15, -0.1) is 0 Å². The van der Waals surface area contributed by atoms with Crippen LogP contribution in [0.5, 0.6) is 5.75 Å². The van der Waals surface area contributed by atoms with Crippen molar-refractivity contribution in [2.45, 2.75) is 71.1 Å². The lowest BCUT2D eigenvalue weighted by Crippen LogP contribution is -2.54. The molecular weight excluding hydrogens is 648 g/mol. The number of nitrogens with zero attached hydrogens (tertiary/aromatic N) is 1. The third kappa shape index (κ3) is 13.4. The SMILES string of the molecule is CC(C)C(NC(=O)CCCCCN1C(=O)C=CC1=O)C(=O)N[C@@H](CCCNC(N)=O)C(=O)Nc1ccc(COC(=O)Oc2ccccc2)cc1. The quantitative estimate of drug-likeness (QED) is 0.0632. The van der Waals surface area contributed by atoms with E-state index in [9.17, 15) is 33.6 Å². The van der Waals surface area contributed by atoms with Crippen LogP contribution in [0.15, 0.2) is 66.7 Å². The number of imide groups is 1. The second kappa shape index (κ2) is 19.9. The second-order valence-electron chi connectivity index (χ2n) is 11.9. The van der Waals surface area contributed by atoms with Crippen LogP contribution in [-0.2, 0) is 35.3 Å². The predicted octanol–water partition coefficient (Wildman–Crippen LogP) is 2.90. The molecule has 0 radical (unpaired) electrons. The maximum Gasteiger partial charge on any atom is 0.514 e. The molecule has 15 heteroatoms. The van der Waals surface area contributed by atoms with E-state index in [2.05, 4.69) is 21.3 Å². The molecule has 15 nitrogen and oxygen atoms in total. The Kier molecular flexibility index (Phi) is 15.4. The summed E-state index contributed by atoms with van der Waals surface area (Å²) in [5.41, 5.74) is 6.20. The van der Waals surface area contributed by atoms with Crippen molar-refractivity contribution in [2.24, 2.45) is 11.7 Å². The number of urea groups is 1. The molecule has 1 heterocycles. The molecule has 0 spiro atoms. The molecular formula is C35H44N6O9. The number of ether oxygens (including phenoxy) is 2. The summed E-state index contributed by atoms with van der Waals surface area (Å²) in [5, 5.41) is 10.7. The normalized spacial score (nSPS) is 13.4. The topological polar surface area (TPSA) is 215 Å². The summed E-state index contributed by atoms with van der Waals surface area (Å²) < 4.78 is 10.2. The molecule has 7 amide bonds. The van der Waals surface area contributed by atoms with Crippen molar-refractivity contribution < 1.29 is 43.0 Å². The molecule has 1 aliphatic rings. The van der Waals surface area contributed by atoms with Crippen LogP contribution in [0.2, 0.25) is 0 Å². The molecule has 1 aliphatic heterocycles. The molecule has 0 bridgehead atoms. The first-order chi connectivity index (χ1) is 23.9. The number of hydrogen-bond acceptors (Lipinski definition) is 9. The monoisotopic (exact) mass is 692 g/mol. The van der Waals surface area contributed by atoms with Crippen molar-refractivity contribution in [3.8, 4) is 5.75 Å². The fraction of sp³-hybridized carbons (Fsp3) is 0.400. The summed E-state index contributed by atoms with van der Waals surface area (Å²) in [5.74, 6) is -2.08. The minimum Gasteiger partial charge on any atom is -0.429 e. The van der Waals surface area contributed by atoms with Crippen molar-refractivity contribution in [2.75, 3.05) is 18.4 Å². The van der Waals surface area contributed by atoms with E-state index in [0.29, 0.717) is 42.7 Å². The van der Waals surface area contributed by atoms with Gasteiger partial charge in [0.2, 0.25) is 17.7 Å². The number of unbranched alkanes of at least 4 members (excludes halogenated alkanes) is 2. The van der Waals surface area contributed by atoms with Crippen LogP contribution in [-0.4, -0.2) is 71.8 Å². The summed E-state index contributed by atoms with van der Waals surface area (Å²) in [4.78, 5) is 87.0. The molecule has 50 heavy (non-hydrogen) atoms. The number of primary amides is 1. The van der Waals surface area contributed by atoms with E-state index in [1.807, 2.05) is 0 Å². The third-order valence-corrected chi connectivity index (χ3v) is 7.58. The van der Waals surface area contributed by atoms with E-state index in [4.69, 9.17) is 15.2 Å². The van der Waals surface area contributed by atoms with Crippen molar-refractivity contribution in [1.82, 2.24) is 20.9 Å². The zero-order valence-corrected chi connectivity index (χ0v) is 28.1. The smallest absolute Gasteiger partial charge is 0.429 e. The molecule has 6 N–H and O–H groups in total. The highest BCUT2D eigenvalue weighted by molar-refractivity contribution is 6.12. The van der Waals surface area contributed by atoms with Gasteiger partial charge in [0.25, 0.3) is 11.8 Å². The number of rotatable bonds is 19. The van der Waals surface area contributed by atoms with Crippen LogP contribution in [0, 0.1) is 5.92 Å². The fourth-order valence-corrected chi connectivity index (χ4v) is 4.88. The summed E-state index contributed by atoms with van der Waals surface area (Å²) in [6.07, 6.45) is 3.83. The van der Waals surface area contributed by atoms with Gasteiger partial charge in [-0.25, -0.2) is 9.59 Å². The van der Waals surface area contributed by atoms with Crippen molar-refractivity contribution >= 4 is 47.4 Å². The Morgan fingerprint density at radius 1 is 0.820 bits per heavy atom. The molecule has 2 atom stereocenters. The van der Waals surface area contributed by atoms with Crippen molar-refractivity contribution in [3.05, 3.63) is 72.3 Å². The first kappa shape index (κ1) is 38.7. The Hall–Kier alpha value is -5.73. The van der Waals surface area contributed by atoms with Gasteiger partial charge in [-0.3, -0.25) is 28.9 Å². The predicted molar refractivity (Wildman–Crippen MR) is 182 cm³/mol. The minimum absolute atomic E-state index is 0.0634. The number of nitrogens with one attached hydrogen (secondary N) is 4. The molecule has 0 fully saturated rings.